The van der Waals surface area contributed by atoms with Crippen molar-refractivity contribution in [2.45, 2.75) is 37.3 Å². The molecule has 0 amide bonds. The summed E-state index contributed by atoms with van der Waals surface area (Å²) in [5.74, 6) is 0.603. The molecule has 0 aliphatic carbocycles. The van der Waals surface area contributed by atoms with Gasteiger partial charge in [0.1, 0.15) is 0 Å². The lowest BCUT2D eigenvalue weighted by atomic mass is 9.85. The minimum Gasteiger partial charge on any atom is -0.311 e. The van der Waals surface area contributed by atoms with Crippen LogP contribution in [0, 0.1) is 0 Å². The van der Waals surface area contributed by atoms with Gasteiger partial charge in [0.05, 0.1) is 0 Å². The van der Waals surface area contributed by atoms with Gasteiger partial charge in [0, 0.05) is 30.4 Å². The van der Waals surface area contributed by atoms with Gasteiger partial charge in [-0.25, -0.2) is 9.97 Å². The second-order valence-corrected chi connectivity index (χ2v) is 4.51. The summed E-state index contributed by atoms with van der Waals surface area (Å²) in [5.41, 5.74) is 1.23. The molecule has 3 rings (SSSR count). The van der Waals surface area contributed by atoms with Gasteiger partial charge in [-0.05, 0) is 36.4 Å². The molecule has 3 nitrogen and oxygen atoms in total. The Hall–Kier alpha value is -0.670. The molecule has 2 saturated heterocycles. The molecule has 74 valence electrons. The molecule has 0 aromatic carbocycles. The number of hydrogen-bond donors (Lipinski definition) is 1. The van der Waals surface area contributed by atoms with E-state index in [4.69, 9.17) is 11.6 Å². The molecular formula is C10H12ClN3. The predicted octanol–water partition coefficient (Wildman–Crippen LogP) is 1.74. The lowest BCUT2D eigenvalue weighted by molar-refractivity contribution is 0.504. The van der Waals surface area contributed by atoms with Crippen molar-refractivity contribution in [2.75, 3.05) is 0 Å². The second-order valence-electron chi connectivity index (χ2n) is 4.18. The maximum absolute atomic E-state index is 5.66. The Kier molecular flexibility index (Phi) is 1.96. The Labute approximate surface area is 87.9 Å². The van der Waals surface area contributed by atoms with Crippen molar-refractivity contribution in [2.24, 2.45) is 0 Å². The van der Waals surface area contributed by atoms with E-state index in [1.807, 2.05) is 12.4 Å². The average Bonchev–Trinajstić information content (AvgIpc) is 2.80. The standard InChI is InChI=1S/C10H12ClN3/c11-10-12-4-6(5-13-10)8-3-7-1-2-9(8)14-7/h4-5,7-9,14H,1-3H2/t7-,8?,9+/m1/s1. The van der Waals surface area contributed by atoms with Crippen molar-refractivity contribution in [3.63, 3.8) is 0 Å². The molecule has 0 radical (unpaired) electrons. The Morgan fingerprint density at radius 1 is 1.29 bits per heavy atom. The molecule has 1 aromatic heterocycles. The van der Waals surface area contributed by atoms with Crippen molar-refractivity contribution in [3.8, 4) is 0 Å². The van der Waals surface area contributed by atoms with Crippen molar-refractivity contribution in [1.82, 2.24) is 15.3 Å². The van der Waals surface area contributed by atoms with E-state index in [1.165, 1.54) is 24.8 Å². The van der Waals surface area contributed by atoms with Gasteiger partial charge in [0.25, 0.3) is 0 Å². The molecule has 1 aromatic rings. The van der Waals surface area contributed by atoms with Crippen molar-refractivity contribution in [3.05, 3.63) is 23.2 Å². The van der Waals surface area contributed by atoms with Crippen LogP contribution < -0.4 is 5.32 Å². The zero-order valence-electron chi connectivity index (χ0n) is 7.78. The number of nitrogens with one attached hydrogen (secondary N) is 1. The Balaban J connectivity index is 1.86. The number of hydrogen-bond acceptors (Lipinski definition) is 3. The van der Waals surface area contributed by atoms with Gasteiger partial charge in [-0.2, -0.15) is 0 Å². The number of halogens is 1. The summed E-state index contributed by atoms with van der Waals surface area (Å²) in [5, 5.41) is 3.94. The van der Waals surface area contributed by atoms with Crippen molar-refractivity contribution < 1.29 is 0 Å². The number of nitrogens with zero attached hydrogens (tertiary/aromatic N) is 2. The van der Waals surface area contributed by atoms with Crippen LogP contribution in [-0.4, -0.2) is 22.1 Å². The van der Waals surface area contributed by atoms with Crippen LogP contribution in [0.15, 0.2) is 12.4 Å². The third kappa shape index (κ3) is 1.31. The molecule has 1 unspecified atom stereocenters. The number of fused-ring (bicyclic) bond motifs is 2. The molecule has 1 N–H and O–H groups in total. The van der Waals surface area contributed by atoms with E-state index in [-0.39, 0.29) is 0 Å². The molecule has 2 bridgehead atoms. The predicted molar refractivity (Wildman–Crippen MR) is 54.3 cm³/mol. The van der Waals surface area contributed by atoms with Crippen LogP contribution in [0.1, 0.15) is 30.7 Å². The van der Waals surface area contributed by atoms with Crippen LogP contribution in [-0.2, 0) is 0 Å². The maximum Gasteiger partial charge on any atom is 0.222 e. The van der Waals surface area contributed by atoms with Gasteiger partial charge in [-0.3, -0.25) is 0 Å². The lowest BCUT2D eigenvalue weighted by Gasteiger charge is -2.19. The van der Waals surface area contributed by atoms with Gasteiger partial charge in [0.2, 0.25) is 5.28 Å². The van der Waals surface area contributed by atoms with Crippen LogP contribution in [0.25, 0.3) is 0 Å². The zero-order chi connectivity index (χ0) is 9.54. The Morgan fingerprint density at radius 2 is 2.07 bits per heavy atom. The first kappa shape index (κ1) is 8.62. The van der Waals surface area contributed by atoms with E-state index in [0.29, 0.717) is 17.2 Å². The van der Waals surface area contributed by atoms with Crippen LogP contribution in [0.5, 0.6) is 0 Å². The number of aromatic nitrogens is 2. The third-order valence-corrected chi connectivity index (χ3v) is 3.56. The molecule has 0 saturated carbocycles. The molecular weight excluding hydrogens is 198 g/mol. The summed E-state index contributed by atoms with van der Waals surface area (Å²) in [7, 11) is 0. The highest BCUT2D eigenvalue weighted by Gasteiger charge is 2.39. The lowest BCUT2D eigenvalue weighted by Crippen LogP contribution is -2.21. The van der Waals surface area contributed by atoms with Crippen LogP contribution in [0.4, 0.5) is 0 Å². The fraction of sp³-hybridized carbons (Fsp3) is 0.600. The molecule has 2 aliphatic rings. The van der Waals surface area contributed by atoms with E-state index in [9.17, 15) is 0 Å². The second kappa shape index (κ2) is 3.17. The van der Waals surface area contributed by atoms with Crippen molar-refractivity contribution in [1.29, 1.82) is 0 Å². The summed E-state index contributed by atoms with van der Waals surface area (Å²) in [6.07, 6.45) is 7.58. The largest absolute Gasteiger partial charge is 0.311 e. The zero-order valence-corrected chi connectivity index (χ0v) is 8.54. The van der Waals surface area contributed by atoms with E-state index in [0.717, 1.165) is 6.04 Å². The van der Waals surface area contributed by atoms with E-state index >= 15 is 0 Å². The average molecular weight is 210 g/mol. The monoisotopic (exact) mass is 209 g/mol. The van der Waals surface area contributed by atoms with E-state index in [2.05, 4.69) is 15.3 Å². The number of rotatable bonds is 1. The molecule has 14 heavy (non-hydrogen) atoms. The Morgan fingerprint density at radius 3 is 2.64 bits per heavy atom. The first-order valence-electron chi connectivity index (χ1n) is 5.06. The summed E-state index contributed by atoms with van der Waals surface area (Å²) in [4.78, 5) is 8.07. The summed E-state index contributed by atoms with van der Waals surface area (Å²) in [6, 6.07) is 1.37. The van der Waals surface area contributed by atoms with Crippen LogP contribution in [0.2, 0.25) is 5.28 Å². The van der Waals surface area contributed by atoms with Gasteiger partial charge in [-0.1, -0.05) is 0 Å². The van der Waals surface area contributed by atoms with Gasteiger partial charge < -0.3 is 5.32 Å². The van der Waals surface area contributed by atoms with Crippen LogP contribution in [0.3, 0.4) is 0 Å². The third-order valence-electron chi connectivity index (χ3n) is 3.37. The quantitative estimate of drug-likeness (QED) is 0.716. The van der Waals surface area contributed by atoms with Gasteiger partial charge in [-0.15, -0.1) is 0 Å². The first-order valence-corrected chi connectivity index (χ1v) is 5.44. The molecule has 3 atom stereocenters. The van der Waals surface area contributed by atoms with Crippen LogP contribution >= 0.6 is 11.6 Å². The van der Waals surface area contributed by atoms with E-state index in [1.54, 1.807) is 0 Å². The first-order chi connectivity index (χ1) is 6.83. The molecule has 4 heteroatoms. The van der Waals surface area contributed by atoms with Gasteiger partial charge in [0.15, 0.2) is 0 Å². The minimum atomic E-state index is 0.338. The van der Waals surface area contributed by atoms with Gasteiger partial charge >= 0.3 is 0 Å². The molecule has 3 heterocycles. The molecule has 2 aliphatic heterocycles. The van der Waals surface area contributed by atoms with E-state index < -0.39 is 0 Å². The highest BCUT2D eigenvalue weighted by atomic mass is 35.5. The molecule has 0 spiro atoms. The summed E-state index contributed by atoms with van der Waals surface area (Å²) in [6.45, 7) is 0. The van der Waals surface area contributed by atoms with Crippen molar-refractivity contribution >= 4 is 11.6 Å². The molecule has 2 fully saturated rings. The summed E-state index contributed by atoms with van der Waals surface area (Å²) >= 11 is 5.66. The highest BCUT2D eigenvalue weighted by molar-refractivity contribution is 6.28. The fourth-order valence-electron chi connectivity index (χ4n) is 2.71. The fourth-order valence-corrected chi connectivity index (χ4v) is 2.80. The smallest absolute Gasteiger partial charge is 0.222 e. The highest BCUT2D eigenvalue weighted by Crippen LogP contribution is 2.39. The summed E-state index contributed by atoms with van der Waals surface area (Å²) < 4.78 is 0. The normalized spacial score (nSPS) is 35.1. The minimum absolute atomic E-state index is 0.338. The SMILES string of the molecule is Clc1ncc(C2C[C@H]3CC[C@@H]2N3)cn1. The Bertz CT molecular complexity index is 338. The maximum atomic E-state index is 5.66. The topological polar surface area (TPSA) is 37.8 Å².